The molecule has 0 radical (unpaired) electrons. The lowest BCUT2D eigenvalue weighted by Crippen LogP contribution is -2.31. The van der Waals surface area contributed by atoms with Gasteiger partial charge in [0.05, 0.1) is 35.4 Å². The molecule has 28 heavy (non-hydrogen) atoms. The number of H-pyrrole nitrogens is 1. The Balaban J connectivity index is 1.33. The van der Waals surface area contributed by atoms with Crippen molar-refractivity contribution < 1.29 is 5.11 Å². The van der Waals surface area contributed by atoms with Crippen LogP contribution in [-0.4, -0.2) is 40.9 Å². The average molecular weight is 375 g/mol. The van der Waals surface area contributed by atoms with E-state index in [0.717, 1.165) is 46.6 Å². The Morgan fingerprint density at radius 2 is 2.04 bits per heavy atom. The van der Waals surface area contributed by atoms with Crippen molar-refractivity contribution in [3.63, 3.8) is 0 Å². The predicted molar refractivity (Wildman–Crippen MR) is 105 cm³/mol. The van der Waals surface area contributed by atoms with Crippen LogP contribution in [0.1, 0.15) is 49.2 Å². The van der Waals surface area contributed by atoms with Gasteiger partial charge in [-0.05, 0) is 37.8 Å². The Hall–Kier alpha value is -3.00. The SMILES string of the molecule is OC1CC(n2nc(NCc3nc4ccccc4[nH]3)c3ncc(C4CC4)nc32)C1. The number of nitrogens with one attached hydrogen (secondary N) is 2. The second-order valence-electron chi connectivity index (χ2n) is 7.87. The summed E-state index contributed by atoms with van der Waals surface area (Å²) >= 11 is 0. The highest BCUT2D eigenvalue weighted by Crippen LogP contribution is 2.40. The van der Waals surface area contributed by atoms with Crippen molar-refractivity contribution in [3.05, 3.63) is 42.0 Å². The highest BCUT2D eigenvalue weighted by Gasteiger charge is 2.33. The number of para-hydroxylation sites is 2. The van der Waals surface area contributed by atoms with E-state index in [1.165, 1.54) is 12.8 Å². The quantitative estimate of drug-likeness (QED) is 0.495. The van der Waals surface area contributed by atoms with E-state index in [1.807, 2.05) is 35.1 Å². The van der Waals surface area contributed by atoms with Crippen molar-refractivity contribution in [2.24, 2.45) is 0 Å². The summed E-state index contributed by atoms with van der Waals surface area (Å²) in [7, 11) is 0. The molecular formula is C20H21N7O. The summed E-state index contributed by atoms with van der Waals surface area (Å²) in [4.78, 5) is 17.5. The Morgan fingerprint density at radius 3 is 2.82 bits per heavy atom. The van der Waals surface area contributed by atoms with E-state index in [4.69, 9.17) is 10.1 Å². The molecule has 8 heteroatoms. The third kappa shape index (κ3) is 2.63. The van der Waals surface area contributed by atoms with Gasteiger partial charge in [-0.15, -0.1) is 0 Å². The maximum atomic E-state index is 9.73. The van der Waals surface area contributed by atoms with Crippen LogP contribution >= 0.6 is 0 Å². The Kier molecular flexibility index (Phi) is 3.43. The van der Waals surface area contributed by atoms with Gasteiger partial charge in [0.2, 0.25) is 0 Å². The molecule has 0 spiro atoms. The number of aliphatic hydroxyl groups excluding tert-OH is 1. The number of fused-ring (bicyclic) bond motifs is 2. The molecule has 2 aliphatic carbocycles. The first kappa shape index (κ1) is 16.0. The van der Waals surface area contributed by atoms with Crippen LogP contribution in [0, 0.1) is 0 Å². The van der Waals surface area contributed by atoms with E-state index in [2.05, 4.69) is 20.3 Å². The number of hydrogen-bond acceptors (Lipinski definition) is 6. The van der Waals surface area contributed by atoms with Crippen LogP contribution in [0.4, 0.5) is 5.82 Å². The first-order valence-corrected chi connectivity index (χ1v) is 9.85. The van der Waals surface area contributed by atoms with Crippen LogP contribution < -0.4 is 5.32 Å². The van der Waals surface area contributed by atoms with Gasteiger partial charge in [0, 0.05) is 12.1 Å². The third-order valence-electron chi connectivity index (χ3n) is 5.71. The van der Waals surface area contributed by atoms with Crippen molar-refractivity contribution >= 4 is 28.0 Å². The monoisotopic (exact) mass is 375 g/mol. The van der Waals surface area contributed by atoms with E-state index < -0.39 is 0 Å². The first-order valence-electron chi connectivity index (χ1n) is 9.85. The molecule has 4 aromatic rings. The standard InChI is InChI=1S/C20H21N7O/c28-13-7-12(8-13)27-20-18(21-9-16(25-20)11-5-6-11)19(26-27)22-10-17-23-14-3-1-2-4-15(14)24-17/h1-4,9,11-13,28H,5-8,10H2,(H,22,26)(H,23,24). The summed E-state index contributed by atoms with van der Waals surface area (Å²) in [5.74, 6) is 2.11. The average Bonchev–Trinajstić information content (AvgIpc) is 3.36. The molecule has 1 aromatic carbocycles. The number of aromatic nitrogens is 6. The van der Waals surface area contributed by atoms with Crippen LogP contribution in [-0.2, 0) is 6.54 Å². The molecule has 2 aliphatic rings. The van der Waals surface area contributed by atoms with E-state index >= 15 is 0 Å². The van der Waals surface area contributed by atoms with Gasteiger partial charge in [-0.3, -0.25) is 0 Å². The molecule has 0 amide bonds. The highest BCUT2D eigenvalue weighted by molar-refractivity contribution is 5.83. The van der Waals surface area contributed by atoms with Gasteiger partial charge < -0.3 is 15.4 Å². The molecule has 2 saturated carbocycles. The van der Waals surface area contributed by atoms with Crippen LogP contribution in [0.15, 0.2) is 30.5 Å². The van der Waals surface area contributed by atoms with E-state index in [0.29, 0.717) is 18.3 Å². The van der Waals surface area contributed by atoms with E-state index in [1.54, 1.807) is 0 Å². The minimum absolute atomic E-state index is 0.183. The van der Waals surface area contributed by atoms with Crippen molar-refractivity contribution in [1.29, 1.82) is 0 Å². The zero-order chi connectivity index (χ0) is 18.7. The smallest absolute Gasteiger partial charge is 0.179 e. The molecule has 3 aromatic heterocycles. The summed E-state index contributed by atoms with van der Waals surface area (Å²) in [5, 5.41) is 17.9. The molecule has 3 N–H and O–H groups in total. The largest absolute Gasteiger partial charge is 0.393 e. The summed E-state index contributed by atoms with van der Waals surface area (Å²) in [6.45, 7) is 0.528. The molecule has 0 saturated heterocycles. The maximum absolute atomic E-state index is 9.73. The van der Waals surface area contributed by atoms with Gasteiger partial charge in [-0.2, -0.15) is 5.10 Å². The lowest BCUT2D eigenvalue weighted by molar-refractivity contribution is 0.0452. The second kappa shape index (κ2) is 6.00. The second-order valence-corrected chi connectivity index (χ2v) is 7.87. The van der Waals surface area contributed by atoms with Gasteiger partial charge >= 0.3 is 0 Å². The van der Waals surface area contributed by atoms with Gasteiger partial charge in [-0.25, -0.2) is 19.6 Å². The molecule has 142 valence electrons. The molecule has 8 nitrogen and oxygen atoms in total. The number of hydrogen-bond donors (Lipinski definition) is 3. The van der Waals surface area contributed by atoms with Crippen molar-refractivity contribution in [3.8, 4) is 0 Å². The molecule has 6 rings (SSSR count). The number of rotatable bonds is 5. The molecule has 0 unspecified atom stereocenters. The molecule has 0 aliphatic heterocycles. The van der Waals surface area contributed by atoms with E-state index in [9.17, 15) is 5.11 Å². The van der Waals surface area contributed by atoms with Crippen molar-refractivity contribution in [2.75, 3.05) is 5.32 Å². The third-order valence-corrected chi connectivity index (χ3v) is 5.71. The first-order chi connectivity index (χ1) is 13.7. The minimum atomic E-state index is -0.240. The summed E-state index contributed by atoms with van der Waals surface area (Å²) in [6, 6.07) is 8.17. The fourth-order valence-corrected chi connectivity index (χ4v) is 3.89. The predicted octanol–water partition coefficient (Wildman–Crippen LogP) is 2.89. The number of nitrogens with zero attached hydrogens (tertiary/aromatic N) is 5. The van der Waals surface area contributed by atoms with E-state index in [-0.39, 0.29) is 12.1 Å². The normalized spacial score (nSPS) is 21.9. The Labute approximate surface area is 161 Å². The number of aliphatic hydroxyl groups is 1. The van der Waals surface area contributed by atoms with Crippen molar-refractivity contribution in [2.45, 2.75) is 50.3 Å². The summed E-state index contributed by atoms with van der Waals surface area (Å²) < 4.78 is 1.95. The topological polar surface area (TPSA) is 105 Å². The maximum Gasteiger partial charge on any atom is 0.179 e. The fraction of sp³-hybridized carbons (Fsp3) is 0.400. The number of imidazole rings is 1. The minimum Gasteiger partial charge on any atom is -0.393 e. The van der Waals surface area contributed by atoms with Crippen LogP contribution in [0.25, 0.3) is 22.2 Å². The van der Waals surface area contributed by atoms with Crippen LogP contribution in [0.5, 0.6) is 0 Å². The molecular weight excluding hydrogens is 354 g/mol. The van der Waals surface area contributed by atoms with Crippen molar-refractivity contribution in [1.82, 2.24) is 29.7 Å². The molecule has 2 fully saturated rings. The summed E-state index contributed by atoms with van der Waals surface area (Å²) in [5.41, 5.74) is 4.62. The molecule has 0 atom stereocenters. The van der Waals surface area contributed by atoms with Gasteiger partial charge in [0.25, 0.3) is 0 Å². The zero-order valence-electron chi connectivity index (χ0n) is 15.3. The van der Waals surface area contributed by atoms with Gasteiger partial charge in [-0.1, -0.05) is 12.1 Å². The summed E-state index contributed by atoms with van der Waals surface area (Å²) in [6.07, 6.45) is 5.45. The Morgan fingerprint density at radius 1 is 1.18 bits per heavy atom. The molecule has 0 bridgehead atoms. The van der Waals surface area contributed by atoms with Crippen LogP contribution in [0.2, 0.25) is 0 Å². The number of benzene rings is 1. The highest BCUT2D eigenvalue weighted by atomic mass is 16.3. The number of anilines is 1. The number of aromatic amines is 1. The lowest BCUT2D eigenvalue weighted by atomic mass is 9.90. The van der Waals surface area contributed by atoms with Gasteiger partial charge in [0.15, 0.2) is 17.0 Å². The lowest BCUT2D eigenvalue weighted by Gasteiger charge is -2.31. The fourth-order valence-electron chi connectivity index (χ4n) is 3.89. The van der Waals surface area contributed by atoms with Crippen LogP contribution in [0.3, 0.4) is 0 Å². The Bertz CT molecular complexity index is 1140. The zero-order valence-corrected chi connectivity index (χ0v) is 15.3. The molecule has 3 heterocycles. The van der Waals surface area contributed by atoms with Gasteiger partial charge in [0.1, 0.15) is 5.82 Å².